The molecule has 0 bridgehead atoms. The average Bonchev–Trinajstić information content (AvgIpc) is 2.35. The maximum atomic E-state index is 11.4. The van der Waals surface area contributed by atoms with Crippen molar-refractivity contribution in [3.63, 3.8) is 0 Å². The fraction of sp³-hybridized carbons (Fsp3) is 0.857. The van der Waals surface area contributed by atoms with Crippen molar-refractivity contribution in [2.24, 2.45) is 0 Å². The molecule has 0 radical (unpaired) electrons. The molecular weight excluding hydrogens is 264 g/mol. The third-order valence-electron chi connectivity index (χ3n) is 2.75. The van der Waals surface area contributed by atoms with Crippen LogP contribution < -0.4 is 0 Å². The SMILES string of the molecule is CC(CCO)OC(=O)CCCCC(=O)OC(C)CCO. The van der Waals surface area contributed by atoms with E-state index in [1.165, 1.54) is 0 Å². The number of esters is 2. The summed E-state index contributed by atoms with van der Waals surface area (Å²) in [5, 5.41) is 17.4. The molecule has 0 aromatic carbocycles. The molecule has 0 aromatic heterocycles. The van der Waals surface area contributed by atoms with Gasteiger partial charge in [0.1, 0.15) is 12.2 Å². The lowest BCUT2D eigenvalue weighted by Gasteiger charge is -2.12. The van der Waals surface area contributed by atoms with Crippen molar-refractivity contribution in [3.05, 3.63) is 0 Å². The van der Waals surface area contributed by atoms with Gasteiger partial charge in [-0.2, -0.15) is 0 Å². The highest BCUT2D eigenvalue weighted by molar-refractivity contribution is 5.70. The second-order valence-electron chi connectivity index (χ2n) is 4.83. The molecule has 2 N–H and O–H groups in total. The summed E-state index contributed by atoms with van der Waals surface area (Å²) in [7, 11) is 0. The van der Waals surface area contributed by atoms with E-state index in [9.17, 15) is 9.59 Å². The first kappa shape index (κ1) is 18.9. The van der Waals surface area contributed by atoms with Crippen LogP contribution in [0.15, 0.2) is 0 Å². The lowest BCUT2D eigenvalue weighted by molar-refractivity contribution is -0.151. The normalized spacial score (nSPS) is 13.6. The fourth-order valence-electron chi connectivity index (χ4n) is 1.59. The van der Waals surface area contributed by atoms with Crippen LogP contribution >= 0.6 is 0 Å². The quantitative estimate of drug-likeness (QED) is 0.438. The molecule has 0 aromatic rings. The van der Waals surface area contributed by atoms with Crippen LogP contribution in [0.25, 0.3) is 0 Å². The zero-order valence-electron chi connectivity index (χ0n) is 12.3. The number of aliphatic hydroxyl groups excluding tert-OH is 2. The molecule has 0 heterocycles. The Labute approximate surface area is 120 Å². The van der Waals surface area contributed by atoms with E-state index >= 15 is 0 Å². The Morgan fingerprint density at radius 3 is 1.50 bits per heavy atom. The maximum absolute atomic E-state index is 11.4. The predicted molar refractivity (Wildman–Crippen MR) is 73.0 cm³/mol. The van der Waals surface area contributed by atoms with Gasteiger partial charge >= 0.3 is 11.9 Å². The molecule has 118 valence electrons. The average molecular weight is 290 g/mol. The van der Waals surface area contributed by atoms with Crippen LogP contribution in [0.4, 0.5) is 0 Å². The van der Waals surface area contributed by atoms with Crippen molar-refractivity contribution in [1.29, 1.82) is 0 Å². The number of unbranched alkanes of at least 4 members (excludes halogenated alkanes) is 1. The Morgan fingerprint density at radius 2 is 1.20 bits per heavy atom. The molecule has 2 atom stereocenters. The molecule has 6 heteroatoms. The number of ether oxygens (including phenoxy) is 2. The molecule has 0 aliphatic heterocycles. The molecular formula is C14H26O6. The van der Waals surface area contributed by atoms with Crippen molar-refractivity contribution >= 4 is 11.9 Å². The van der Waals surface area contributed by atoms with Crippen molar-refractivity contribution in [2.45, 2.75) is 64.6 Å². The highest BCUT2D eigenvalue weighted by Crippen LogP contribution is 2.07. The summed E-state index contributed by atoms with van der Waals surface area (Å²) in [5.74, 6) is -0.624. The maximum Gasteiger partial charge on any atom is 0.306 e. The summed E-state index contributed by atoms with van der Waals surface area (Å²) in [5.41, 5.74) is 0. The largest absolute Gasteiger partial charge is 0.463 e. The van der Waals surface area contributed by atoms with Crippen molar-refractivity contribution < 1.29 is 29.3 Å². The van der Waals surface area contributed by atoms with Crippen LogP contribution in [0.5, 0.6) is 0 Å². The lowest BCUT2D eigenvalue weighted by atomic mass is 10.2. The second-order valence-corrected chi connectivity index (χ2v) is 4.83. The molecule has 0 rings (SSSR count). The molecule has 6 nitrogen and oxygen atoms in total. The zero-order valence-corrected chi connectivity index (χ0v) is 12.3. The number of hydrogen-bond donors (Lipinski definition) is 2. The number of rotatable bonds is 11. The first-order valence-corrected chi connectivity index (χ1v) is 7.10. The van der Waals surface area contributed by atoms with Crippen LogP contribution in [0, 0.1) is 0 Å². The summed E-state index contributed by atoms with van der Waals surface area (Å²) < 4.78 is 10.1. The van der Waals surface area contributed by atoms with Crippen LogP contribution in [0.3, 0.4) is 0 Å². The van der Waals surface area contributed by atoms with Crippen LogP contribution in [0.2, 0.25) is 0 Å². The summed E-state index contributed by atoms with van der Waals surface area (Å²) in [6.45, 7) is 3.45. The van der Waals surface area contributed by atoms with Gasteiger partial charge in [-0.05, 0) is 26.7 Å². The highest BCUT2D eigenvalue weighted by atomic mass is 16.5. The lowest BCUT2D eigenvalue weighted by Crippen LogP contribution is -2.17. The van der Waals surface area contributed by atoms with E-state index in [0.29, 0.717) is 25.7 Å². The molecule has 20 heavy (non-hydrogen) atoms. The van der Waals surface area contributed by atoms with Gasteiger partial charge in [0.25, 0.3) is 0 Å². The van der Waals surface area contributed by atoms with Gasteiger partial charge in [0.05, 0.1) is 0 Å². The number of carbonyl (C=O) groups is 2. The molecule has 0 aliphatic carbocycles. The summed E-state index contributed by atoms with van der Waals surface area (Å²) in [6, 6.07) is 0. The predicted octanol–water partition coefficient (Wildman–Crippen LogP) is 1.17. The Kier molecular flexibility index (Phi) is 11.0. The van der Waals surface area contributed by atoms with E-state index in [-0.39, 0.29) is 50.2 Å². The topological polar surface area (TPSA) is 93.1 Å². The summed E-state index contributed by atoms with van der Waals surface area (Å²) >= 11 is 0. The number of aliphatic hydroxyl groups is 2. The minimum absolute atomic E-state index is 0.00763. The van der Waals surface area contributed by atoms with E-state index in [1.54, 1.807) is 13.8 Å². The Hall–Kier alpha value is -1.14. The smallest absolute Gasteiger partial charge is 0.306 e. The Balaban J connectivity index is 3.60. The highest BCUT2D eigenvalue weighted by Gasteiger charge is 2.11. The Bertz CT molecular complexity index is 251. The monoisotopic (exact) mass is 290 g/mol. The summed E-state index contributed by atoms with van der Waals surface area (Å²) in [4.78, 5) is 22.8. The molecule has 0 aliphatic rings. The van der Waals surface area contributed by atoms with Crippen LogP contribution in [0.1, 0.15) is 52.4 Å². The van der Waals surface area contributed by atoms with Crippen molar-refractivity contribution in [3.8, 4) is 0 Å². The van der Waals surface area contributed by atoms with Crippen LogP contribution in [-0.4, -0.2) is 47.6 Å². The van der Waals surface area contributed by atoms with E-state index in [0.717, 1.165) is 0 Å². The van der Waals surface area contributed by atoms with Gasteiger partial charge in [-0.25, -0.2) is 0 Å². The molecule has 0 spiro atoms. The van der Waals surface area contributed by atoms with Gasteiger partial charge in [-0.1, -0.05) is 0 Å². The van der Waals surface area contributed by atoms with Crippen molar-refractivity contribution in [2.75, 3.05) is 13.2 Å². The van der Waals surface area contributed by atoms with E-state index in [4.69, 9.17) is 19.7 Å². The number of carbonyl (C=O) groups excluding carboxylic acids is 2. The summed E-state index contributed by atoms with van der Waals surface area (Å²) in [6.07, 6.45) is 1.95. The van der Waals surface area contributed by atoms with Gasteiger partial charge in [-0.3, -0.25) is 9.59 Å². The first-order chi connectivity index (χ1) is 9.49. The molecule has 0 amide bonds. The van der Waals surface area contributed by atoms with Crippen LogP contribution in [-0.2, 0) is 19.1 Å². The van der Waals surface area contributed by atoms with E-state index < -0.39 is 0 Å². The van der Waals surface area contributed by atoms with E-state index in [1.807, 2.05) is 0 Å². The van der Waals surface area contributed by atoms with Gasteiger partial charge in [0, 0.05) is 38.9 Å². The van der Waals surface area contributed by atoms with E-state index in [2.05, 4.69) is 0 Å². The van der Waals surface area contributed by atoms with Gasteiger partial charge < -0.3 is 19.7 Å². The zero-order chi connectivity index (χ0) is 15.4. The second kappa shape index (κ2) is 11.7. The third kappa shape index (κ3) is 10.8. The Morgan fingerprint density at radius 1 is 0.850 bits per heavy atom. The molecule has 2 unspecified atom stereocenters. The minimum atomic E-state index is -0.312. The first-order valence-electron chi connectivity index (χ1n) is 7.10. The number of hydrogen-bond acceptors (Lipinski definition) is 6. The minimum Gasteiger partial charge on any atom is -0.463 e. The fourth-order valence-corrected chi connectivity index (χ4v) is 1.59. The van der Waals surface area contributed by atoms with Crippen molar-refractivity contribution in [1.82, 2.24) is 0 Å². The van der Waals surface area contributed by atoms with Gasteiger partial charge in [0.2, 0.25) is 0 Å². The molecule has 0 fully saturated rings. The van der Waals surface area contributed by atoms with Gasteiger partial charge in [-0.15, -0.1) is 0 Å². The molecule has 0 saturated carbocycles. The molecule has 0 saturated heterocycles. The van der Waals surface area contributed by atoms with Gasteiger partial charge in [0.15, 0.2) is 0 Å². The third-order valence-corrected chi connectivity index (χ3v) is 2.75. The standard InChI is InChI=1S/C14H26O6/c1-11(7-9-15)19-13(17)5-3-4-6-14(18)20-12(2)8-10-16/h11-12,15-16H,3-10H2,1-2H3.